The second-order valence-corrected chi connectivity index (χ2v) is 6.59. The van der Waals surface area contributed by atoms with Gasteiger partial charge in [0.25, 0.3) is 5.91 Å². The van der Waals surface area contributed by atoms with E-state index in [0.29, 0.717) is 17.9 Å². The fourth-order valence-electron chi connectivity index (χ4n) is 3.05. The summed E-state index contributed by atoms with van der Waals surface area (Å²) in [5.41, 5.74) is 1.89. The Morgan fingerprint density at radius 3 is 2.70 bits per heavy atom. The molecule has 0 radical (unpaired) electrons. The molecule has 0 aromatic heterocycles. The van der Waals surface area contributed by atoms with Crippen LogP contribution in [0.2, 0.25) is 0 Å². The molecule has 2 aromatic rings. The van der Waals surface area contributed by atoms with Gasteiger partial charge in [0.2, 0.25) is 0 Å². The molecule has 0 aliphatic carbocycles. The van der Waals surface area contributed by atoms with Crippen molar-refractivity contribution < 1.29 is 24.5 Å². The molecule has 2 atom stereocenters. The van der Waals surface area contributed by atoms with Crippen LogP contribution in [0, 0.1) is 0 Å². The summed E-state index contributed by atoms with van der Waals surface area (Å²) in [6.45, 7) is 2.21. The molecule has 27 heavy (non-hydrogen) atoms. The van der Waals surface area contributed by atoms with Crippen molar-refractivity contribution in [3.63, 3.8) is 0 Å². The molecule has 0 spiro atoms. The minimum atomic E-state index is -0.840. The number of hydrogen-bond acceptors (Lipinski definition) is 6. The van der Waals surface area contributed by atoms with E-state index in [9.17, 15) is 15.0 Å². The molecule has 0 fully saturated rings. The van der Waals surface area contributed by atoms with Crippen LogP contribution >= 0.6 is 0 Å². The predicted octanol–water partition coefficient (Wildman–Crippen LogP) is 1.99. The number of ether oxygens (including phenoxy) is 2. The first-order valence-electron chi connectivity index (χ1n) is 8.81. The van der Waals surface area contributed by atoms with Crippen LogP contribution in [0.5, 0.6) is 17.2 Å². The molecular formula is C20H24N2O5. The zero-order chi connectivity index (χ0) is 19.4. The monoisotopic (exact) mass is 372 g/mol. The summed E-state index contributed by atoms with van der Waals surface area (Å²) in [5, 5.41) is 26.3. The summed E-state index contributed by atoms with van der Waals surface area (Å²) in [4.78, 5) is 11.5. The molecule has 3 rings (SSSR count). The summed E-state index contributed by atoms with van der Waals surface area (Å²) in [6.07, 6.45) is -0.0376. The number of phenols is 1. The van der Waals surface area contributed by atoms with E-state index in [-0.39, 0.29) is 30.0 Å². The van der Waals surface area contributed by atoms with Gasteiger partial charge in [-0.05, 0) is 43.2 Å². The van der Waals surface area contributed by atoms with Gasteiger partial charge in [0, 0.05) is 18.2 Å². The Labute approximate surface area is 157 Å². The van der Waals surface area contributed by atoms with E-state index in [1.54, 1.807) is 13.2 Å². The average molecular weight is 372 g/mol. The largest absolute Gasteiger partial charge is 0.506 e. The number of phenolic OH excluding ortho intramolecular Hbond substituents is 1. The van der Waals surface area contributed by atoms with Gasteiger partial charge in [-0.2, -0.15) is 0 Å². The maximum absolute atomic E-state index is 11.5. The van der Waals surface area contributed by atoms with E-state index in [4.69, 9.17) is 9.47 Å². The number of aromatic hydroxyl groups is 1. The number of methoxy groups -OCH3 is 1. The number of nitrogens with one attached hydrogen (secondary N) is 2. The Kier molecular flexibility index (Phi) is 5.83. The number of aliphatic hydroxyl groups excluding tert-OH is 1. The molecule has 0 bridgehead atoms. The van der Waals surface area contributed by atoms with Gasteiger partial charge in [-0.25, -0.2) is 0 Å². The van der Waals surface area contributed by atoms with Crippen molar-refractivity contribution in [1.82, 2.24) is 5.32 Å². The van der Waals surface area contributed by atoms with Crippen molar-refractivity contribution in [2.75, 3.05) is 25.6 Å². The summed E-state index contributed by atoms with van der Waals surface area (Å²) >= 11 is 0. The van der Waals surface area contributed by atoms with Gasteiger partial charge in [0.05, 0.1) is 13.2 Å². The number of carbonyl (C=O) groups is 1. The third-order valence-electron chi connectivity index (χ3n) is 4.50. The number of benzene rings is 2. The Morgan fingerprint density at radius 1 is 1.26 bits per heavy atom. The third-order valence-corrected chi connectivity index (χ3v) is 4.50. The van der Waals surface area contributed by atoms with Crippen molar-refractivity contribution in [3.05, 3.63) is 47.5 Å². The van der Waals surface area contributed by atoms with Crippen LogP contribution in [0.4, 0.5) is 5.69 Å². The normalized spacial score (nSPS) is 15.3. The van der Waals surface area contributed by atoms with Gasteiger partial charge in [-0.1, -0.05) is 12.1 Å². The molecule has 144 valence electrons. The molecule has 1 aliphatic heterocycles. The average Bonchev–Trinajstić information content (AvgIpc) is 2.67. The highest BCUT2D eigenvalue weighted by Crippen LogP contribution is 2.41. The van der Waals surface area contributed by atoms with Gasteiger partial charge in [0.1, 0.15) is 17.2 Å². The lowest BCUT2D eigenvalue weighted by Crippen LogP contribution is -2.32. The summed E-state index contributed by atoms with van der Waals surface area (Å²) < 4.78 is 10.6. The number of anilines is 1. The molecule has 2 aromatic carbocycles. The van der Waals surface area contributed by atoms with Crippen LogP contribution in [-0.4, -0.2) is 42.4 Å². The van der Waals surface area contributed by atoms with Gasteiger partial charge in [-0.3, -0.25) is 4.79 Å². The molecule has 7 nitrogen and oxygen atoms in total. The van der Waals surface area contributed by atoms with Crippen molar-refractivity contribution in [3.8, 4) is 17.2 Å². The first kappa shape index (κ1) is 19.0. The number of aliphatic hydroxyl groups is 1. The molecule has 4 N–H and O–H groups in total. The maximum atomic E-state index is 11.5. The highest BCUT2D eigenvalue weighted by molar-refractivity contribution is 5.97. The van der Waals surface area contributed by atoms with Crippen molar-refractivity contribution in [2.24, 2.45) is 0 Å². The zero-order valence-electron chi connectivity index (χ0n) is 15.4. The number of hydrogen-bond donors (Lipinski definition) is 4. The number of fused-ring (bicyclic) bond motifs is 1. The Hall–Kier alpha value is -2.77. The molecular weight excluding hydrogens is 348 g/mol. The minimum absolute atomic E-state index is 0.0881. The smallest absolute Gasteiger partial charge is 0.262 e. The van der Waals surface area contributed by atoms with Crippen molar-refractivity contribution >= 4 is 11.6 Å². The Balaban J connectivity index is 1.61. The van der Waals surface area contributed by atoms with Gasteiger partial charge in [-0.15, -0.1) is 0 Å². The van der Waals surface area contributed by atoms with Crippen LogP contribution in [0.25, 0.3) is 0 Å². The van der Waals surface area contributed by atoms with Gasteiger partial charge < -0.3 is 30.3 Å². The topological polar surface area (TPSA) is 100 Å². The van der Waals surface area contributed by atoms with Crippen molar-refractivity contribution in [1.29, 1.82) is 0 Å². The SMILES string of the molecule is COc1ccc(CC(C)NCC(O)c2ccc(O)c3c2OCC(=O)N3)cc1. The quantitative estimate of drug-likeness (QED) is 0.555. The fourth-order valence-corrected chi connectivity index (χ4v) is 3.05. The molecule has 1 amide bonds. The second-order valence-electron chi connectivity index (χ2n) is 6.59. The van der Waals surface area contributed by atoms with E-state index >= 15 is 0 Å². The number of carbonyl (C=O) groups excluding carboxylic acids is 1. The standard InChI is InChI=1S/C20H24N2O5/c1-12(9-13-3-5-14(26-2)6-4-13)21-10-17(24)15-7-8-16(23)19-20(15)27-11-18(25)22-19/h3-8,12,17,21,23-24H,9-11H2,1-2H3,(H,22,25). The van der Waals surface area contributed by atoms with E-state index in [2.05, 4.69) is 10.6 Å². The Morgan fingerprint density at radius 2 is 2.00 bits per heavy atom. The molecule has 1 heterocycles. The van der Waals surface area contributed by atoms with E-state index in [1.165, 1.54) is 11.6 Å². The van der Waals surface area contributed by atoms with E-state index in [1.807, 2.05) is 31.2 Å². The predicted molar refractivity (Wildman–Crippen MR) is 101 cm³/mol. The maximum Gasteiger partial charge on any atom is 0.262 e. The fraction of sp³-hybridized carbons (Fsp3) is 0.350. The first-order chi connectivity index (χ1) is 13.0. The van der Waals surface area contributed by atoms with Gasteiger partial charge >= 0.3 is 0 Å². The highest BCUT2D eigenvalue weighted by atomic mass is 16.5. The first-order valence-corrected chi connectivity index (χ1v) is 8.81. The summed E-state index contributed by atoms with van der Waals surface area (Å²) in [6, 6.07) is 11.1. The van der Waals surface area contributed by atoms with Crippen LogP contribution in [-0.2, 0) is 11.2 Å². The molecule has 0 saturated carbocycles. The zero-order valence-corrected chi connectivity index (χ0v) is 15.4. The van der Waals surface area contributed by atoms with Crippen LogP contribution < -0.4 is 20.1 Å². The van der Waals surface area contributed by atoms with E-state index < -0.39 is 6.10 Å². The summed E-state index contributed by atoms with van der Waals surface area (Å²) in [7, 11) is 1.64. The minimum Gasteiger partial charge on any atom is -0.506 e. The van der Waals surface area contributed by atoms with Crippen LogP contribution in [0.15, 0.2) is 36.4 Å². The van der Waals surface area contributed by atoms with Crippen molar-refractivity contribution in [2.45, 2.75) is 25.5 Å². The molecule has 1 aliphatic rings. The number of rotatable bonds is 7. The second kappa shape index (κ2) is 8.28. The van der Waals surface area contributed by atoms with Crippen LogP contribution in [0.3, 0.4) is 0 Å². The molecule has 0 saturated heterocycles. The van der Waals surface area contributed by atoms with Gasteiger partial charge in [0.15, 0.2) is 12.4 Å². The lowest BCUT2D eigenvalue weighted by atomic mass is 10.0. The molecule has 2 unspecified atom stereocenters. The van der Waals surface area contributed by atoms with Crippen LogP contribution in [0.1, 0.15) is 24.2 Å². The lowest BCUT2D eigenvalue weighted by Gasteiger charge is -2.24. The Bertz CT molecular complexity index is 807. The summed E-state index contributed by atoms with van der Waals surface area (Å²) in [5.74, 6) is 0.705. The van der Waals surface area contributed by atoms with E-state index in [0.717, 1.165) is 12.2 Å². The highest BCUT2D eigenvalue weighted by Gasteiger charge is 2.25. The number of amides is 1. The lowest BCUT2D eigenvalue weighted by molar-refractivity contribution is -0.118. The third kappa shape index (κ3) is 4.50. The molecule has 7 heteroatoms.